The molecule has 84 valence electrons. The van der Waals surface area contributed by atoms with E-state index in [1.165, 1.54) is 6.07 Å². The molecule has 0 fully saturated rings. The number of rotatable bonds is 3. The van der Waals surface area contributed by atoms with Crippen LogP contribution in [0.15, 0.2) is 24.3 Å². The van der Waals surface area contributed by atoms with Crippen molar-refractivity contribution in [2.75, 3.05) is 0 Å². The number of para-hydroxylation sites is 1. The summed E-state index contributed by atoms with van der Waals surface area (Å²) in [6.45, 7) is 7.72. The van der Waals surface area contributed by atoms with Gasteiger partial charge in [-0.2, -0.15) is 0 Å². The van der Waals surface area contributed by atoms with Crippen molar-refractivity contribution in [2.45, 2.75) is 33.8 Å². The minimum atomic E-state index is -0.962. The first kappa shape index (κ1) is 13.5. The summed E-state index contributed by atoms with van der Waals surface area (Å²) in [6.07, 6.45) is -0.0134. The Bertz CT molecular complexity index is 305. The summed E-state index contributed by atoms with van der Waals surface area (Å²) in [4.78, 5) is 10.7. The van der Waals surface area contributed by atoms with Crippen molar-refractivity contribution in [3.63, 3.8) is 0 Å². The van der Waals surface area contributed by atoms with Crippen molar-refractivity contribution >= 4 is 5.97 Å². The van der Waals surface area contributed by atoms with Gasteiger partial charge in [0.2, 0.25) is 0 Å². The lowest BCUT2D eigenvalue weighted by atomic mass is 10.2. The number of hydrogen-bond acceptors (Lipinski definition) is 2. The molecule has 0 saturated carbocycles. The first-order valence-corrected chi connectivity index (χ1v) is 5.10. The predicted octanol–water partition coefficient (Wildman–Crippen LogP) is 3.20. The largest absolute Gasteiger partial charge is 0.490 e. The maximum absolute atomic E-state index is 10.7. The van der Waals surface area contributed by atoms with E-state index in [1.807, 2.05) is 27.7 Å². The van der Waals surface area contributed by atoms with Crippen molar-refractivity contribution < 1.29 is 14.6 Å². The van der Waals surface area contributed by atoms with E-state index in [0.29, 0.717) is 5.75 Å². The van der Waals surface area contributed by atoms with Gasteiger partial charge in [-0.25, -0.2) is 4.79 Å². The molecule has 3 nitrogen and oxygen atoms in total. The Morgan fingerprint density at radius 3 is 2.27 bits per heavy atom. The van der Waals surface area contributed by atoms with Gasteiger partial charge < -0.3 is 9.84 Å². The zero-order valence-electron chi connectivity index (χ0n) is 9.65. The van der Waals surface area contributed by atoms with Gasteiger partial charge in [-0.3, -0.25) is 0 Å². The molecule has 0 aromatic heterocycles. The number of ether oxygens (including phenoxy) is 1. The maximum Gasteiger partial charge on any atom is 0.339 e. The number of aromatic carboxylic acids is 1. The van der Waals surface area contributed by atoms with Crippen LogP contribution < -0.4 is 4.74 Å². The van der Waals surface area contributed by atoms with Gasteiger partial charge in [-0.1, -0.05) is 26.0 Å². The molecule has 0 aliphatic carbocycles. The molecule has 0 spiro atoms. The van der Waals surface area contributed by atoms with Crippen LogP contribution >= 0.6 is 0 Å². The summed E-state index contributed by atoms with van der Waals surface area (Å²) in [5.74, 6) is -0.541. The van der Waals surface area contributed by atoms with Crippen LogP contribution in [0.5, 0.6) is 5.75 Å². The van der Waals surface area contributed by atoms with Crippen LogP contribution in [0, 0.1) is 0 Å². The highest BCUT2D eigenvalue weighted by molar-refractivity contribution is 5.90. The highest BCUT2D eigenvalue weighted by atomic mass is 16.5. The molecule has 0 amide bonds. The van der Waals surface area contributed by atoms with Crippen molar-refractivity contribution in [2.24, 2.45) is 0 Å². The van der Waals surface area contributed by atoms with Crippen molar-refractivity contribution in [1.82, 2.24) is 0 Å². The molecule has 0 aliphatic heterocycles. The lowest BCUT2D eigenvalue weighted by Gasteiger charge is -2.11. The highest BCUT2D eigenvalue weighted by Crippen LogP contribution is 2.18. The first-order chi connectivity index (χ1) is 7.11. The summed E-state index contributed by atoms with van der Waals surface area (Å²) < 4.78 is 5.33. The molecule has 3 heteroatoms. The van der Waals surface area contributed by atoms with E-state index in [0.717, 1.165) is 0 Å². The third-order valence-electron chi connectivity index (χ3n) is 1.48. The third kappa shape index (κ3) is 4.49. The van der Waals surface area contributed by atoms with E-state index in [9.17, 15) is 4.79 Å². The maximum atomic E-state index is 10.7. The Morgan fingerprint density at radius 2 is 1.80 bits per heavy atom. The van der Waals surface area contributed by atoms with Crippen LogP contribution in [0.4, 0.5) is 0 Å². The second-order valence-electron chi connectivity index (χ2n) is 2.97. The van der Waals surface area contributed by atoms with Gasteiger partial charge in [0.1, 0.15) is 11.3 Å². The molecule has 0 radical (unpaired) electrons. The Kier molecular flexibility index (Phi) is 6.18. The molecule has 15 heavy (non-hydrogen) atoms. The predicted molar refractivity (Wildman–Crippen MR) is 60.5 cm³/mol. The van der Waals surface area contributed by atoms with Gasteiger partial charge in [0.15, 0.2) is 0 Å². The second-order valence-corrected chi connectivity index (χ2v) is 2.97. The molecule has 1 aromatic carbocycles. The lowest BCUT2D eigenvalue weighted by molar-refractivity contribution is 0.0690. The topological polar surface area (TPSA) is 46.5 Å². The van der Waals surface area contributed by atoms with E-state index >= 15 is 0 Å². The summed E-state index contributed by atoms with van der Waals surface area (Å²) in [7, 11) is 0. The summed E-state index contributed by atoms with van der Waals surface area (Å²) in [5, 5.41) is 8.80. The molecule has 0 atom stereocenters. The van der Waals surface area contributed by atoms with Gasteiger partial charge in [-0.15, -0.1) is 0 Å². The van der Waals surface area contributed by atoms with Crippen LogP contribution in [0.1, 0.15) is 38.1 Å². The molecule has 1 aromatic rings. The van der Waals surface area contributed by atoms with Gasteiger partial charge in [0.25, 0.3) is 0 Å². The van der Waals surface area contributed by atoms with Gasteiger partial charge in [-0.05, 0) is 26.0 Å². The molecule has 1 N–H and O–H groups in total. The van der Waals surface area contributed by atoms with Gasteiger partial charge in [0.05, 0.1) is 6.10 Å². The number of hydrogen-bond donors (Lipinski definition) is 1. The zero-order valence-corrected chi connectivity index (χ0v) is 9.65. The fourth-order valence-electron chi connectivity index (χ4n) is 1.00. The molecule has 0 saturated heterocycles. The Hall–Kier alpha value is -1.51. The Morgan fingerprint density at radius 1 is 1.27 bits per heavy atom. The fraction of sp³-hybridized carbons (Fsp3) is 0.417. The van der Waals surface area contributed by atoms with Crippen LogP contribution in [0.3, 0.4) is 0 Å². The molecule has 0 unspecified atom stereocenters. The number of carboxylic acid groups (broad SMARTS) is 1. The van der Waals surface area contributed by atoms with E-state index < -0.39 is 5.97 Å². The van der Waals surface area contributed by atoms with E-state index in [1.54, 1.807) is 18.2 Å². The van der Waals surface area contributed by atoms with Crippen molar-refractivity contribution in [1.29, 1.82) is 0 Å². The monoisotopic (exact) mass is 210 g/mol. The minimum Gasteiger partial charge on any atom is -0.490 e. The van der Waals surface area contributed by atoms with Crippen molar-refractivity contribution in [3.8, 4) is 5.75 Å². The molecule has 0 aliphatic rings. The van der Waals surface area contributed by atoms with Crippen molar-refractivity contribution in [3.05, 3.63) is 29.8 Å². The lowest BCUT2D eigenvalue weighted by Crippen LogP contribution is -2.09. The standard InChI is InChI=1S/C10H12O3.C2H6/c1-7(2)13-9-6-4-3-5-8(9)10(11)12;1-2/h3-7H,1-2H3,(H,11,12);1-2H3. The second kappa shape index (κ2) is 6.87. The normalized spacial score (nSPS) is 9.13. The number of benzene rings is 1. The molecule has 1 rings (SSSR count). The van der Waals surface area contributed by atoms with E-state index in [-0.39, 0.29) is 11.7 Å². The Balaban J connectivity index is 0.000000921. The summed E-state index contributed by atoms with van der Waals surface area (Å²) in [5.41, 5.74) is 0.205. The minimum absolute atomic E-state index is 0.0134. The van der Waals surface area contributed by atoms with Crippen LogP contribution in [0.25, 0.3) is 0 Å². The van der Waals surface area contributed by atoms with E-state index in [4.69, 9.17) is 9.84 Å². The SMILES string of the molecule is CC.CC(C)Oc1ccccc1C(=O)O. The first-order valence-electron chi connectivity index (χ1n) is 5.10. The summed E-state index contributed by atoms with van der Waals surface area (Å²) in [6, 6.07) is 6.62. The fourth-order valence-corrected chi connectivity index (χ4v) is 1.00. The van der Waals surface area contributed by atoms with Crippen LogP contribution in [-0.4, -0.2) is 17.2 Å². The molecular formula is C12H18O3. The highest BCUT2D eigenvalue weighted by Gasteiger charge is 2.10. The zero-order chi connectivity index (χ0) is 11.8. The number of carbonyl (C=O) groups is 1. The third-order valence-corrected chi connectivity index (χ3v) is 1.48. The molecule has 0 heterocycles. The summed E-state index contributed by atoms with van der Waals surface area (Å²) >= 11 is 0. The smallest absolute Gasteiger partial charge is 0.339 e. The Labute approximate surface area is 90.7 Å². The molecular weight excluding hydrogens is 192 g/mol. The molecule has 0 bridgehead atoms. The quantitative estimate of drug-likeness (QED) is 0.833. The van der Waals surface area contributed by atoms with Gasteiger partial charge >= 0.3 is 5.97 Å². The number of carboxylic acids is 1. The van der Waals surface area contributed by atoms with Crippen LogP contribution in [0.2, 0.25) is 0 Å². The van der Waals surface area contributed by atoms with Gasteiger partial charge in [0, 0.05) is 0 Å². The average Bonchev–Trinajstić information content (AvgIpc) is 2.20. The van der Waals surface area contributed by atoms with E-state index in [2.05, 4.69) is 0 Å². The van der Waals surface area contributed by atoms with Crippen LogP contribution in [-0.2, 0) is 0 Å². The average molecular weight is 210 g/mol.